The third-order valence-electron chi connectivity index (χ3n) is 3.24. The van der Waals surface area contributed by atoms with Gasteiger partial charge in [0.1, 0.15) is 11.9 Å². The van der Waals surface area contributed by atoms with Crippen LogP contribution in [0.15, 0.2) is 42.7 Å². The van der Waals surface area contributed by atoms with Gasteiger partial charge in [-0.15, -0.1) is 0 Å². The number of para-hydroxylation sites is 1. The van der Waals surface area contributed by atoms with Gasteiger partial charge in [-0.25, -0.2) is 0 Å². The molecule has 0 aliphatic heterocycles. The first-order chi connectivity index (χ1) is 9.16. The van der Waals surface area contributed by atoms with E-state index >= 15 is 0 Å². The lowest BCUT2D eigenvalue weighted by atomic mass is 10.0. The molecule has 1 aromatic carbocycles. The zero-order chi connectivity index (χ0) is 13.4. The van der Waals surface area contributed by atoms with E-state index in [1.165, 1.54) is 4.68 Å². The van der Waals surface area contributed by atoms with Crippen molar-refractivity contribution in [3.8, 4) is 0 Å². The molecule has 1 unspecified atom stereocenters. The van der Waals surface area contributed by atoms with E-state index < -0.39 is 6.10 Å². The minimum Gasteiger partial charge on any atom is -0.384 e. The van der Waals surface area contributed by atoms with Crippen molar-refractivity contribution in [3.63, 3.8) is 0 Å². The number of aliphatic hydroxyl groups is 1. The number of nitrogen functional groups attached to an aromatic ring is 1. The number of aromatic nitrogens is 3. The Morgan fingerprint density at radius 2 is 2.05 bits per heavy atom. The Morgan fingerprint density at radius 1 is 1.26 bits per heavy atom. The lowest BCUT2D eigenvalue weighted by molar-refractivity contribution is 0.221. The van der Waals surface area contributed by atoms with Crippen LogP contribution in [0.3, 0.4) is 0 Å². The highest BCUT2D eigenvalue weighted by Gasteiger charge is 2.17. The van der Waals surface area contributed by atoms with E-state index in [2.05, 4.69) is 10.1 Å². The van der Waals surface area contributed by atoms with Crippen LogP contribution in [-0.4, -0.2) is 19.9 Å². The van der Waals surface area contributed by atoms with Crippen molar-refractivity contribution in [2.24, 2.45) is 7.05 Å². The quantitative estimate of drug-likeness (QED) is 0.728. The normalized spacial score (nSPS) is 12.7. The number of nitrogens with two attached hydrogens (primary N) is 1. The number of pyridine rings is 1. The van der Waals surface area contributed by atoms with E-state index in [-0.39, 0.29) is 0 Å². The van der Waals surface area contributed by atoms with Gasteiger partial charge in [-0.3, -0.25) is 9.67 Å². The Balaban J connectivity index is 2.06. The van der Waals surface area contributed by atoms with Crippen LogP contribution in [0.4, 0.5) is 5.82 Å². The average Bonchev–Trinajstić information content (AvgIpc) is 2.78. The predicted octanol–water partition coefficient (Wildman–Crippen LogP) is 1.63. The van der Waals surface area contributed by atoms with Crippen molar-refractivity contribution in [1.29, 1.82) is 0 Å². The van der Waals surface area contributed by atoms with Gasteiger partial charge >= 0.3 is 0 Å². The smallest absolute Gasteiger partial charge is 0.127 e. The van der Waals surface area contributed by atoms with Gasteiger partial charge in [0.15, 0.2) is 0 Å². The average molecular weight is 254 g/mol. The summed E-state index contributed by atoms with van der Waals surface area (Å²) in [4.78, 5) is 4.34. The standard InChI is InChI=1S/C14H14N4O/c1-18-14(15)11(8-17-18)13(19)10-6-9-4-2-3-5-12(9)16-7-10/h2-8,13,19H,15H2,1H3. The molecule has 3 aromatic rings. The maximum atomic E-state index is 10.4. The zero-order valence-corrected chi connectivity index (χ0v) is 10.5. The molecule has 0 saturated carbocycles. The summed E-state index contributed by atoms with van der Waals surface area (Å²) in [5.74, 6) is 0.459. The molecule has 3 rings (SSSR count). The summed E-state index contributed by atoms with van der Waals surface area (Å²) in [5.41, 5.74) is 8.08. The second-order valence-electron chi connectivity index (χ2n) is 4.47. The second-order valence-corrected chi connectivity index (χ2v) is 4.47. The first kappa shape index (κ1) is 11.7. The number of anilines is 1. The van der Waals surface area contributed by atoms with Crippen molar-refractivity contribution < 1.29 is 5.11 Å². The molecule has 5 heteroatoms. The van der Waals surface area contributed by atoms with Crippen LogP contribution in [0, 0.1) is 0 Å². The first-order valence-corrected chi connectivity index (χ1v) is 5.97. The fraction of sp³-hybridized carbons (Fsp3) is 0.143. The van der Waals surface area contributed by atoms with Crippen LogP contribution in [0.5, 0.6) is 0 Å². The monoisotopic (exact) mass is 254 g/mol. The molecule has 5 nitrogen and oxygen atoms in total. The molecule has 2 heterocycles. The molecular weight excluding hydrogens is 240 g/mol. The number of fused-ring (bicyclic) bond motifs is 1. The van der Waals surface area contributed by atoms with E-state index in [1.54, 1.807) is 19.4 Å². The number of benzene rings is 1. The molecule has 0 fully saturated rings. The Hall–Kier alpha value is -2.40. The molecule has 0 aliphatic carbocycles. The van der Waals surface area contributed by atoms with Gasteiger partial charge in [0, 0.05) is 29.8 Å². The molecule has 0 aliphatic rings. The highest BCUT2D eigenvalue weighted by molar-refractivity contribution is 5.79. The molecule has 0 radical (unpaired) electrons. The molecule has 2 aromatic heterocycles. The van der Waals surface area contributed by atoms with Crippen molar-refractivity contribution in [2.75, 3.05) is 5.73 Å². The van der Waals surface area contributed by atoms with E-state index in [0.29, 0.717) is 16.9 Å². The molecule has 0 amide bonds. The summed E-state index contributed by atoms with van der Waals surface area (Å²) in [5, 5.41) is 15.4. The maximum Gasteiger partial charge on any atom is 0.127 e. The number of aliphatic hydroxyl groups excluding tert-OH is 1. The summed E-state index contributed by atoms with van der Waals surface area (Å²) in [6.45, 7) is 0. The van der Waals surface area contributed by atoms with E-state index in [9.17, 15) is 5.11 Å². The molecule has 0 saturated heterocycles. The minimum absolute atomic E-state index is 0.459. The van der Waals surface area contributed by atoms with Crippen LogP contribution in [0.2, 0.25) is 0 Å². The van der Waals surface area contributed by atoms with Crippen LogP contribution < -0.4 is 5.73 Å². The summed E-state index contributed by atoms with van der Waals surface area (Å²) in [6, 6.07) is 9.69. The molecule has 19 heavy (non-hydrogen) atoms. The van der Waals surface area contributed by atoms with Crippen molar-refractivity contribution in [3.05, 3.63) is 53.9 Å². The number of nitrogens with zero attached hydrogens (tertiary/aromatic N) is 3. The highest BCUT2D eigenvalue weighted by atomic mass is 16.3. The third kappa shape index (κ3) is 1.94. The van der Waals surface area contributed by atoms with Gasteiger partial charge in [0.25, 0.3) is 0 Å². The summed E-state index contributed by atoms with van der Waals surface area (Å²) >= 11 is 0. The van der Waals surface area contributed by atoms with Crippen LogP contribution in [-0.2, 0) is 7.05 Å². The predicted molar refractivity (Wildman–Crippen MR) is 73.4 cm³/mol. The third-order valence-corrected chi connectivity index (χ3v) is 3.24. The summed E-state index contributed by atoms with van der Waals surface area (Å²) < 4.78 is 1.53. The largest absolute Gasteiger partial charge is 0.384 e. The number of aryl methyl sites for hydroxylation is 1. The van der Waals surface area contributed by atoms with Crippen molar-refractivity contribution >= 4 is 16.7 Å². The van der Waals surface area contributed by atoms with Crippen LogP contribution >= 0.6 is 0 Å². The zero-order valence-electron chi connectivity index (χ0n) is 10.5. The number of rotatable bonds is 2. The van der Waals surface area contributed by atoms with Crippen molar-refractivity contribution in [1.82, 2.24) is 14.8 Å². The fourth-order valence-corrected chi connectivity index (χ4v) is 2.09. The SMILES string of the molecule is Cn1ncc(C(O)c2cnc3ccccc3c2)c1N. The van der Waals surface area contributed by atoms with Gasteiger partial charge in [-0.1, -0.05) is 18.2 Å². The summed E-state index contributed by atoms with van der Waals surface area (Å²) in [7, 11) is 1.74. The number of hydrogen-bond donors (Lipinski definition) is 2. The van der Waals surface area contributed by atoms with Gasteiger partial charge in [0.2, 0.25) is 0 Å². The van der Waals surface area contributed by atoms with Crippen molar-refractivity contribution in [2.45, 2.75) is 6.10 Å². The van der Waals surface area contributed by atoms with E-state index in [4.69, 9.17) is 5.73 Å². The minimum atomic E-state index is -0.814. The Labute approximate surface area is 110 Å². The van der Waals surface area contributed by atoms with Gasteiger partial charge in [-0.2, -0.15) is 5.10 Å². The lowest BCUT2D eigenvalue weighted by Crippen LogP contribution is -2.05. The van der Waals surface area contributed by atoms with Crippen LogP contribution in [0.1, 0.15) is 17.2 Å². The van der Waals surface area contributed by atoms with Gasteiger partial charge in [-0.05, 0) is 12.1 Å². The van der Waals surface area contributed by atoms with Gasteiger partial charge < -0.3 is 10.8 Å². The lowest BCUT2D eigenvalue weighted by Gasteiger charge is -2.10. The summed E-state index contributed by atoms with van der Waals surface area (Å²) in [6.07, 6.45) is 2.43. The Morgan fingerprint density at radius 3 is 2.79 bits per heavy atom. The maximum absolute atomic E-state index is 10.4. The molecule has 0 spiro atoms. The first-order valence-electron chi connectivity index (χ1n) is 5.97. The Kier molecular flexibility index (Phi) is 2.68. The van der Waals surface area contributed by atoms with E-state index in [1.807, 2.05) is 30.3 Å². The fourth-order valence-electron chi connectivity index (χ4n) is 2.09. The highest BCUT2D eigenvalue weighted by Crippen LogP contribution is 2.27. The second kappa shape index (κ2) is 4.37. The topological polar surface area (TPSA) is 77.0 Å². The Bertz CT molecular complexity index is 735. The molecule has 96 valence electrons. The van der Waals surface area contributed by atoms with Gasteiger partial charge in [0.05, 0.1) is 11.7 Å². The van der Waals surface area contributed by atoms with E-state index in [0.717, 1.165) is 10.9 Å². The molecular formula is C14H14N4O. The molecule has 0 bridgehead atoms. The molecule has 3 N–H and O–H groups in total. The molecule has 1 atom stereocenters. The van der Waals surface area contributed by atoms with Crippen LogP contribution in [0.25, 0.3) is 10.9 Å². The number of hydrogen-bond acceptors (Lipinski definition) is 4.